The van der Waals surface area contributed by atoms with Crippen LogP contribution in [0.4, 0.5) is 0 Å². The molecule has 0 aromatic heterocycles. The van der Waals surface area contributed by atoms with Gasteiger partial charge < -0.3 is 14.6 Å². The number of aromatic hydroxyl groups is 1. The molecule has 0 atom stereocenters. The molecule has 0 aliphatic carbocycles. The summed E-state index contributed by atoms with van der Waals surface area (Å²) >= 11 is 0. The van der Waals surface area contributed by atoms with Gasteiger partial charge in [0.15, 0.2) is 0 Å². The minimum Gasteiger partial charge on any atom is -0.508 e. The van der Waals surface area contributed by atoms with E-state index >= 15 is 0 Å². The van der Waals surface area contributed by atoms with E-state index < -0.39 is 5.97 Å². The van der Waals surface area contributed by atoms with Gasteiger partial charge in [-0.25, -0.2) is 4.79 Å². The van der Waals surface area contributed by atoms with Crippen LogP contribution in [0, 0.1) is 6.92 Å². The zero-order valence-electron chi connectivity index (χ0n) is 12.9. The average molecular weight is 308 g/mol. The SMILES string of the molecule is COC(=O)c1c(Oc2cccc3ccccc23)ccc(O)c1C. The third kappa shape index (κ3) is 2.71. The molecule has 3 aromatic rings. The number of hydrogen-bond donors (Lipinski definition) is 1. The summed E-state index contributed by atoms with van der Waals surface area (Å²) in [6.07, 6.45) is 0. The standard InChI is InChI=1S/C19H16O4/c1-12-15(20)10-11-17(18(12)19(21)22-2)23-16-9-5-7-13-6-3-4-8-14(13)16/h3-11,20H,1-2H3. The molecule has 0 saturated carbocycles. The summed E-state index contributed by atoms with van der Waals surface area (Å²) in [5.41, 5.74) is 0.648. The third-order valence-corrected chi connectivity index (χ3v) is 3.76. The third-order valence-electron chi connectivity index (χ3n) is 3.76. The first-order valence-corrected chi connectivity index (χ1v) is 7.18. The van der Waals surface area contributed by atoms with Gasteiger partial charge >= 0.3 is 5.97 Å². The second kappa shape index (κ2) is 6.01. The normalized spacial score (nSPS) is 10.5. The largest absolute Gasteiger partial charge is 0.508 e. The number of rotatable bonds is 3. The Morgan fingerprint density at radius 2 is 1.70 bits per heavy atom. The van der Waals surface area contributed by atoms with Gasteiger partial charge in [0.25, 0.3) is 0 Å². The van der Waals surface area contributed by atoms with Gasteiger partial charge in [-0.2, -0.15) is 0 Å². The highest BCUT2D eigenvalue weighted by Gasteiger charge is 2.20. The van der Waals surface area contributed by atoms with Gasteiger partial charge in [-0.05, 0) is 30.5 Å². The maximum Gasteiger partial charge on any atom is 0.342 e. The molecule has 0 aliphatic rings. The molecule has 23 heavy (non-hydrogen) atoms. The van der Waals surface area contributed by atoms with E-state index in [4.69, 9.17) is 9.47 Å². The molecule has 3 aromatic carbocycles. The van der Waals surface area contributed by atoms with Crippen LogP contribution in [-0.2, 0) is 4.74 Å². The number of ether oxygens (including phenoxy) is 2. The molecular weight excluding hydrogens is 292 g/mol. The Labute approximate surface area is 133 Å². The summed E-state index contributed by atoms with van der Waals surface area (Å²) in [4.78, 5) is 12.0. The van der Waals surface area contributed by atoms with Gasteiger partial charge in [0.05, 0.1) is 7.11 Å². The summed E-state index contributed by atoms with van der Waals surface area (Å²) in [5, 5.41) is 11.8. The number of phenolic OH excluding ortho intramolecular Hbond substituents is 1. The lowest BCUT2D eigenvalue weighted by Gasteiger charge is -2.14. The lowest BCUT2D eigenvalue weighted by Crippen LogP contribution is -2.06. The van der Waals surface area contributed by atoms with Gasteiger partial charge in [-0.15, -0.1) is 0 Å². The maximum absolute atomic E-state index is 12.0. The maximum atomic E-state index is 12.0. The molecule has 4 heteroatoms. The van der Waals surface area contributed by atoms with Crippen LogP contribution in [0.15, 0.2) is 54.6 Å². The van der Waals surface area contributed by atoms with Crippen molar-refractivity contribution in [2.24, 2.45) is 0 Å². The zero-order valence-corrected chi connectivity index (χ0v) is 12.9. The van der Waals surface area contributed by atoms with Crippen molar-refractivity contribution in [3.05, 3.63) is 65.7 Å². The number of carbonyl (C=O) groups is 1. The topological polar surface area (TPSA) is 55.8 Å². The molecule has 3 rings (SSSR count). The minimum atomic E-state index is -0.548. The van der Waals surface area contributed by atoms with Gasteiger partial charge in [-0.1, -0.05) is 36.4 Å². The Morgan fingerprint density at radius 1 is 0.957 bits per heavy atom. The first-order chi connectivity index (χ1) is 11.1. The van der Waals surface area contributed by atoms with Crippen molar-refractivity contribution in [2.75, 3.05) is 7.11 Å². The summed E-state index contributed by atoms with van der Waals surface area (Å²) in [6, 6.07) is 16.6. The molecule has 0 spiro atoms. The molecule has 0 saturated heterocycles. The molecule has 0 amide bonds. The van der Waals surface area contributed by atoms with Crippen LogP contribution in [0.25, 0.3) is 10.8 Å². The van der Waals surface area contributed by atoms with Crippen LogP contribution in [0.2, 0.25) is 0 Å². The lowest BCUT2D eigenvalue weighted by molar-refractivity contribution is 0.0596. The molecule has 0 radical (unpaired) electrons. The highest BCUT2D eigenvalue weighted by Crippen LogP contribution is 2.35. The Morgan fingerprint density at radius 3 is 2.48 bits per heavy atom. The van der Waals surface area contributed by atoms with Crippen LogP contribution in [0.1, 0.15) is 15.9 Å². The fraction of sp³-hybridized carbons (Fsp3) is 0.105. The molecule has 1 N–H and O–H groups in total. The van der Waals surface area contributed by atoms with Crippen LogP contribution in [0.3, 0.4) is 0 Å². The first kappa shape index (κ1) is 14.9. The zero-order chi connectivity index (χ0) is 16.4. The van der Waals surface area contributed by atoms with Gasteiger partial charge in [-0.3, -0.25) is 0 Å². The van der Waals surface area contributed by atoms with Crippen molar-refractivity contribution in [3.8, 4) is 17.2 Å². The predicted molar refractivity (Wildman–Crippen MR) is 88.2 cm³/mol. The number of carbonyl (C=O) groups excluding carboxylic acids is 1. The van der Waals surface area contributed by atoms with Crippen molar-refractivity contribution in [3.63, 3.8) is 0 Å². The van der Waals surface area contributed by atoms with E-state index in [1.54, 1.807) is 13.0 Å². The summed E-state index contributed by atoms with van der Waals surface area (Å²) in [5.74, 6) is 0.464. The van der Waals surface area contributed by atoms with Crippen LogP contribution in [0.5, 0.6) is 17.2 Å². The molecular formula is C19H16O4. The Balaban J connectivity index is 2.13. The summed E-state index contributed by atoms with van der Waals surface area (Å²) in [7, 11) is 1.30. The lowest BCUT2D eigenvalue weighted by atomic mass is 10.1. The van der Waals surface area contributed by atoms with Crippen LogP contribution in [-0.4, -0.2) is 18.2 Å². The van der Waals surface area contributed by atoms with Crippen molar-refractivity contribution in [2.45, 2.75) is 6.92 Å². The molecule has 0 aliphatic heterocycles. The second-order valence-electron chi connectivity index (χ2n) is 5.15. The van der Waals surface area contributed by atoms with E-state index in [0.717, 1.165) is 10.8 Å². The number of methoxy groups -OCH3 is 1. The fourth-order valence-electron chi connectivity index (χ4n) is 2.52. The van der Waals surface area contributed by atoms with Crippen LogP contribution >= 0.6 is 0 Å². The Hall–Kier alpha value is -3.01. The predicted octanol–water partition coefficient (Wildman–Crippen LogP) is 4.43. The number of fused-ring (bicyclic) bond motifs is 1. The molecule has 0 heterocycles. The van der Waals surface area contributed by atoms with Crippen molar-refractivity contribution >= 4 is 16.7 Å². The van der Waals surface area contributed by atoms with E-state index in [1.165, 1.54) is 13.2 Å². The molecule has 0 unspecified atom stereocenters. The van der Waals surface area contributed by atoms with Crippen molar-refractivity contribution < 1.29 is 19.4 Å². The second-order valence-corrected chi connectivity index (χ2v) is 5.15. The molecule has 4 nitrogen and oxygen atoms in total. The number of phenols is 1. The van der Waals surface area contributed by atoms with E-state index in [-0.39, 0.29) is 11.3 Å². The first-order valence-electron chi connectivity index (χ1n) is 7.18. The molecule has 0 bridgehead atoms. The fourth-order valence-corrected chi connectivity index (χ4v) is 2.52. The highest BCUT2D eigenvalue weighted by atomic mass is 16.5. The summed E-state index contributed by atoms with van der Waals surface area (Å²) < 4.78 is 10.8. The van der Waals surface area contributed by atoms with Gasteiger partial charge in [0.2, 0.25) is 0 Å². The Bertz CT molecular complexity index is 878. The minimum absolute atomic E-state index is 0.0238. The van der Waals surface area contributed by atoms with E-state index in [2.05, 4.69) is 0 Å². The number of esters is 1. The molecule has 116 valence electrons. The summed E-state index contributed by atoms with van der Waals surface area (Å²) in [6.45, 7) is 1.65. The van der Waals surface area contributed by atoms with Crippen molar-refractivity contribution in [1.82, 2.24) is 0 Å². The number of hydrogen-bond acceptors (Lipinski definition) is 4. The monoisotopic (exact) mass is 308 g/mol. The van der Waals surface area contributed by atoms with Gasteiger partial charge in [0.1, 0.15) is 22.8 Å². The van der Waals surface area contributed by atoms with E-state index in [9.17, 15) is 9.90 Å². The Kier molecular flexibility index (Phi) is 3.89. The van der Waals surface area contributed by atoms with Gasteiger partial charge in [0, 0.05) is 10.9 Å². The van der Waals surface area contributed by atoms with E-state index in [0.29, 0.717) is 17.1 Å². The highest BCUT2D eigenvalue weighted by molar-refractivity contribution is 5.95. The quantitative estimate of drug-likeness (QED) is 0.727. The van der Waals surface area contributed by atoms with Crippen LogP contribution < -0.4 is 4.74 Å². The van der Waals surface area contributed by atoms with E-state index in [1.807, 2.05) is 42.5 Å². The van der Waals surface area contributed by atoms with Crippen molar-refractivity contribution in [1.29, 1.82) is 0 Å². The number of benzene rings is 3. The molecule has 0 fully saturated rings. The smallest absolute Gasteiger partial charge is 0.342 e. The average Bonchev–Trinajstić information content (AvgIpc) is 2.58.